The molecule has 0 saturated carbocycles. The van der Waals surface area contributed by atoms with Crippen molar-refractivity contribution >= 4 is 74.9 Å². The summed E-state index contributed by atoms with van der Waals surface area (Å²) in [6.07, 6.45) is 0. The van der Waals surface area contributed by atoms with Gasteiger partial charge in [0.05, 0.1) is 5.52 Å². The van der Waals surface area contributed by atoms with Crippen LogP contribution >= 0.6 is 11.3 Å². The summed E-state index contributed by atoms with van der Waals surface area (Å²) < 4.78 is 2.74. The Bertz CT molecular complexity index is 1720. The van der Waals surface area contributed by atoms with E-state index in [0.29, 0.717) is 0 Å². The van der Waals surface area contributed by atoms with Gasteiger partial charge in [0, 0.05) is 47.2 Å². The van der Waals surface area contributed by atoms with Crippen molar-refractivity contribution in [2.75, 3.05) is 0 Å². The lowest BCUT2D eigenvalue weighted by atomic mass is 9.97. The van der Waals surface area contributed by atoms with E-state index in [1.807, 2.05) is 11.3 Å². The van der Waals surface area contributed by atoms with E-state index in [2.05, 4.69) is 89.9 Å². The molecule has 0 atom stereocenters. The van der Waals surface area contributed by atoms with Crippen LogP contribution < -0.4 is 0 Å². The minimum atomic E-state index is 1.21. The predicted molar refractivity (Wildman–Crippen MR) is 124 cm³/mol. The van der Waals surface area contributed by atoms with E-state index >= 15 is 0 Å². The highest BCUT2D eigenvalue weighted by Crippen LogP contribution is 2.47. The van der Waals surface area contributed by atoms with Gasteiger partial charge in [-0.15, -0.1) is 11.3 Å². The molecule has 0 spiro atoms. The fourth-order valence-corrected chi connectivity index (χ4v) is 6.05. The van der Waals surface area contributed by atoms with Crippen LogP contribution in [0.2, 0.25) is 0 Å². The first-order valence-corrected chi connectivity index (χ1v) is 10.4. The zero-order valence-electron chi connectivity index (χ0n) is 15.0. The first-order chi connectivity index (χ1) is 13.9. The zero-order valence-corrected chi connectivity index (χ0v) is 15.8. The molecule has 0 aliphatic carbocycles. The maximum absolute atomic E-state index is 3.76. The van der Waals surface area contributed by atoms with E-state index in [4.69, 9.17) is 0 Å². The van der Waals surface area contributed by atoms with Gasteiger partial charge < -0.3 is 4.98 Å². The van der Waals surface area contributed by atoms with E-state index < -0.39 is 0 Å². The lowest BCUT2D eigenvalue weighted by Crippen LogP contribution is -1.78. The van der Waals surface area contributed by atoms with Crippen molar-refractivity contribution in [3.05, 3.63) is 84.9 Å². The average Bonchev–Trinajstić information content (AvgIpc) is 3.33. The van der Waals surface area contributed by atoms with Gasteiger partial charge in [-0.1, -0.05) is 72.8 Å². The van der Waals surface area contributed by atoms with E-state index in [0.717, 1.165) is 0 Å². The maximum atomic E-state index is 3.76. The van der Waals surface area contributed by atoms with Crippen LogP contribution in [0, 0.1) is 0 Å². The second kappa shape index (κ2) is 5.12. The molecule has 2 heterocycles. The Morgan fingerprint density at radius 3 is 2.14 bits per heavy atom. The molecule has 0 radical (unpaired) electrons. The Labute approximate surface area is 164 Å². The largest absolute Gasteiger partial charge is 0.354 e. The van der Waals surface area contributed by atoms with E-state index in [1.165, 1.54) is 63.5 Å². The van der Waals surface area contributed by atoms with Gasteiger partial charge in [0.1, 0.15) is 0 Å². The summed E-state index contributed by atoms with van der Waals surface area (Å²) in [5, 5.41) is 10.7. The third-order valence-corrected chi connectivity index (χ3v) is 7.18. The number of rotatable bonds is 0. The summed E-state index contributed by atoms with van der Waals surface area (Å²) in [5.41, 5.74) is 2.46. The molecule has 2 aromatic heterocycles. The predicted octanol–water partition coefficient (Wildman–Crippen LogP) is 8.00. The van der Waals surface area contributed by atoms with Gasteiger partial charge in [0.2, 0.25) is 0 Å². The molecule has 0 amide bonds. The summed E-state index contributed by atoms with van der Waals surface area (Å²) in [5.74, 6) is 0. The summed E-state index contributed by atoms with van der Waals surface area (Å²) in [4.78, 5) is 3.76. The zero-order chi connectivity index (χ0) is 18.2. The fourth-order valence-electron chi connectivity index (χ4n) is 4.80. The van der Waals surface area contributed by atoms with Crippen LogP contribution in [0.5, 0.6) is 0 Å². The van der Waals surface area contributed by atoms with Crippen molar-refractivity contribution in [3.63, 3.8) is 0 Å². The highest BCUT2D eigenvalue weighted by molar-refractivity contribution is 7.27. The smallest absolute Gasteiger partial charge is 0.0552 e. The molecule has 1 nitrogen and oxygen atoms in total. The highest BCUT2D eigenvalue weighted by atomic mass is 32.1. The molecular formula is C26H15NS. The van der Waals surface area contributed by atoms with Crippen molar-refractivity contribution in [1.29, 1.82) is 0 Å². The van der Waals surface area contributed by atoms with Gasteiger partial charge in [0.25, 0.3) is 0 Å². The van der Waals surface area contributed by atoms with Gasteiger partial charge in [-0.25, -0.2) is 0 Å². The van der Waals surface area contributed by atoms with Gasteiger partial charge in [-0.05, 0) is 22.9 Å². The van der Waals surface area contributed by atoms with Crippen molar-refractivity contribution in [3.8, 4) is 0 Å². The lowest BCUT2D eigenvalue weighted by Gasteiger charge is -2.05. The molecule has 0 fully saturated rings. The molecule has 0 bridgehead atoms. The summed E-state index contributed by atoms with van der Waals surface area (Å²) in [7, 11) is 0. The summed E-state index contributed by atoms with van der Waals surface area (Å²) in [6, 6.07) is 30.8. The molecule has 130 valence electrons. The van der Waals surface area contributed by atoms with Crippen LogP contribution in [-0.2, 0) is 0 Å². The molecule has 0 unspecified atom stereocenters. The molecule has 2 heteroatoms. The topological polar surface area (TPSA) is 15.8 Å². The second-order valence-electron chi connectivity index (χ2n) is 7.43. The highest BCUT2D eigenvalue weighted by Gasteiger charge is 2.18. The standard InChI is InChI=1S/C26H15NS/c1-2-8-16-15(7-1)13-14-20-22(16)24-23-19-11-5-6-12-21(19)28-26(23)18-10-4-3-9-17(18)25(24)27-20/h1-14,27H. The van der Waals surface area contributed by atoms with Crippen molar-refractivity contribution < 1.29 is 0 Å². The number of nitrogens with one attached hydrogen (secondary N) is 1. The Morgan fingerprint density at radius 2 is 1.25 bits per heavy atom. The number of fused-ring (bicyclic) bond motifs is 12. The summed E-state index contributed by atoms with van der Waals surface area (Å²) in [6.45, 7) is 0. The minimum absolute atomic E-state index is 1.21. The lowest BCUT2D eigenvalue weighted by molar-refractivity contribution is 1.57. The van der Waals surface area contributed by atoms with Gasteiger partial charge in [0.15, 0.2) is 0 Å². The number of aromatic amines is 1. The van der Waals surface area contributed by atoms with E-state index in [9.17, 15) is 0 Å². The van der Waals surface area contributed by atoms with Crippen molar-refractivity contribution in [1.82, 2.24) is 4.98 Å². The first kappa shape index (κ1) is 14.7. The molecule has 0 saturated heterocycles. The number of hydrogen-bond acceptors (Lipinski definition) is 1. The number of benzene rings is 5. The molecule has 7 aromatic rings. The fraction of sp³-hybridized carbons (Fsp3) is 0. The van der Waals surface area contributed by atoms with E-state index in [-0.39, 0.29) is 0 Å². The quantitative estimate of drug-likeness (QED) is 0.277. The number of thiophene rings is 1. The van der Waals surface area contributed by atoms with Crippen LogP contribution in [0.15, 0.2) is 84.9 Å². The Balaban J connectivity index is 1.94. The number of H-pyrrole nitrogens is 1. The van der Waals surface area contributed by atoms with Gasteiger partial charge >= 0.3 is 0 Å². The second-order valence-corrected chi connectivity index (χ2v) is 8.48. The monoisotopic (exact) mass is 373 g/mol. The van der Waals surface area contributed by atoms with Crippen molar-refractivity contribution in [2.24, 2.45) is 0 Å². The van der Waals surface area contributed by atoms with Crippen LogP contribution in [0.25, 0.3) is 63.5 Å². The molecule has 7 rings (SSSR count). The van der Waals surface area contributed by atoms with Crippen LogP contribution in [0.1, 0.15) is 0 Å². The third-order valence-electron chi connectivity index (χ3n) is 5.98. The van der Waals surface area contributed by atoms with Crippen LogP contribution in [0.3, 0.4) is 0 Å². The molecule has 0 aliphatic rings. The molecule has 5 aromatic carbocycles. The molecule has 28 heavy (non-hydrogen) atoms. The third kappa shape index (κ3) is 1.71. The number of aromatic nitrogens is 1. The molecular weight excluding hydrogens is 358 g/mol. The Kier molecular flexibility index (Phi) is 2.68. The van der Waals surface area contributed by atoms with Gasteiger partial charge in [-0.2, -0.15) is 0 Å². The maximum Gasteiger partial charge on any atom is 0.0552 e. The Morgan fingerprint density at radius 1 is 0.536 bits per heavy atom. The SMILES string of the molecule is c1ccc2c(c1)ccc1[nH]c3c4ccccc4c4sc5ccccc5c4c3c12. The normalized spacial score (nSPS) is 12.3. The van der Waals surface area contributed by atoms with Crippen LogP contribution in [-0.4, -0.2) is 4.98 Å². The first-order valence-electron chi connectivity index (χ1n) is 9.55. The van der Waals surface area contributed by atoms with Gasteiger partial charge in [-0.3, -0.25) is 0 Å². The van der Waals surface area contributed by atoms with Crippen LogP contribution in [0.4, 0.5) is 0 Å². The minimum Gasteiger partial charge on any atom is -0.354 e. The average molecular weight is 373 g/mol. The molecule has 0 aliphatic heterocycles. The summed E-state index contributed by atoms with van der Waals surface area (Å²) >= 11 is 1.91. The van der Waals surface area contributed by atoms with Crippen molar-refractivity contribution in [2.45, 2.75) is 0 Å². The number of hydrogen-bond donors (Lipinski definition) is 1. The Hall–Kier alpha value is -3.36. The molecule has 1 N–H and O–H groups in total. The van der Waals surface area contributed by atoms with E-state index in [1.54, 1.807) is 0 Å².